The van der Waals surface area contributed by atoms with Crippen LogP contribution >= 0.6 is 0 Å². The average molecular weight is 232 g/mol. The van der Waals surface area contributed by atoms with Crippen molar-refractivity contribution in [1.29, 1.82) is 0 Å². The van der Waals surface area contributed by atoms with Crippen LogP contribution in [0, 0.1) is 5.92 Å². The SMILES string of the molecule is C[C@H](N)CN1CCC(Cc2ccccc2)CC1. The molecule has 0 unspecified atom stereocenters. The molecule has 1 aliphatic heterocycles. The molecule has 94 valence electrons. The minimum atomic E-state index is 0.306. The first-order valence-corrected chi connectivity index (χ1v) is 6.76. The number of nitrogens with zero attached hydrogens (tertiary/aromatic N) is 1. The van der Waals surface area contributed by atoms with Crippen LogP contribution in [0.2, 0.25) is 0 Å². The van der Waals surface area contributed by atoms with Gasteiger partial charge in [0.25, 0.3) is 0 Å². The Morgan fingerprint density at radius 2 is 1.88 bits per heavy atom. The van der Waals surface area contributed by atoms with E-state index in [0.717, 1.165) is 12.5 Å². The summed E-state index contributed by atoms with van der Waals surface area (Å²) in [4.78, 5) is 2.51. The third-order valence-electron chi connectivity index (χ3n) is 3.62. The van der Waals surface area contributed by atoms with Crippen molar-refractivity contribution in [1.82, 2.24) is 4.90 Å². The Labute approximate surface area is 105 Å². The van der Waals surface area contributed by atoms with Crippen LogP contribution in [-0.4, -0.2) is 30.6 Å². The number of benzene rings is 1. The zero-order valence-corrected chi connectivity index (χ0v) is 10.8. The van der Waals surface area contributed by atoms with Gasteiger partial charge in [0.05, 0.1) is 0 Å². The third-order valence-corrected chi connectivity index (χ3v) is 3.62. The average Bonchev–Trinajstić information content (AvgIpc) is 2.32. The van der Waals surface area contributed by atoms with E-state index in [4.69, 9.17) is 5.73 Å². The summed E-state index contributed by atoms with van der Waals surface area (Å²) < 4.78 is 0. The minimum Gasteiger partial charge on any atom is -0.327 e. The van der Waals surface area contributed by atoms with Crippen LogP contribution < -0.4 is 5.73 Å². The van der Waals surface area contributed by atoms with E-state index in [9.17, 15) is 0 Å². The van der Waals surface area contributed by atoms with Gasteiger partial charge in [-0.2, -0.15) is 0 Å². The lowest BCUT2D eigenvalue weighted by Crippen LogP contribution is -2.41. The summed E-state index contributed by atoms with van der Waals surface area (Å²) in [6.07, 6.45) is 3.89. The van der Waals surface area contributed by atoms with Crippen LogP contribution in [0.25, 0.3) is 0 Å². The van der Waals surface area contributed by atoms with Crippen LogP contribution in [0.1, 0.15) is 25.3 Å². The molecule has 1 saturated heterocycles. The molecule has 1 heterocycles. The van der Waals surface area contributed by atoms with Gasteiger partial charge in [0, 0.05) is 12.6 Å². The molecule has 1 fully saturated rings. The van der Waals surface area contributed by atoms with Crippen LogP contribution in [0.15, 0.2) is 30.3 Å². The second-order valence-electron chi connectivity index (χ2n) is 5.41. The molecule has 0 aromatic heterocycles. The fraction of sp³-hybridized carbons (Fsp3) is 0.600. The number of hydrogen-bond acceptors (Lipinski definition) is 2. The maximum absolute atomic E-state index is 5.84. The Kier molecular flexibility index (Phi) is 4.57. The molecule has 0 aliphatic carbocycles. The number of piperidine rings is 1. The largest absolute Gasteiger partial charge is 0.327 e. The first-order chi connectivity index (χ1) is 8.24. The van der Waals surface area contributed by atoms with E-state index in [2.05, 4.69) is 42.2 Å². The second kappa shape index (κ2) is 6.18. The molecule has 2 rings (SSSR count). The van der Waals surface area contributed by atoms with Crippen molar-refractivity contribution in [2.45, 2.75) is 32.2 Å². The fourth-order valence-corrected chi connectivity index (χ4v) is 2.73. The molecular formula is C15H24N2. The van der Waals surface area contributed by atoms with Crippen molar-refractivity contribution in [3.63, 3.8) is 0 Å². The highest BCUT2D eigenvalue weighted by Gasteiger charge is 2.19. The fourth-order valence-electron chi connectivity index (χ4n) is 2.73. The maximum atomic E-state index is 5.84. The lowest BCUT2D eigenvalue weighted by molar-refractivity contribution is 0.177. The van der Waals surface area contributed by atoms with Crippen molar-refractivity contribution in [3.05, 3.63) is 35.9 Å². The maximum Gasteiger partial charge on any atom is 0.0139 e. The molecule has 0 bridgehead atoms. The Bertz CT molecular complexity index is 313. The van der Waals surface area contributed by atoms with Crippen LogP contribution in [-0.2, 0) is 6.42 Å². The predicted octanol–water partition coefficient (Wildman–Crippen LogP) is 2.29. The van der Waals surface area contributed by atoms with Crippen molar-refractivity contribution >= 4 is 0 Å². The van der Waals surface area contributed by atoms with Crippen LogP contribution in [0.5, 0.6) is 0 Å². The highest BCUT2D eigenvalue weighted by molar-refractivity contribution is 5.15. The zero-order chi connectivity index (χ0) is 12.1. The van der Waals surface area contributed by atoms with Gasteiger partial charge in [-0.05, 0) is 50.8 Å². The Morgan fingerprint density at radius 1 is 1.24 bits per heavy atom. The first-order valence-electron chi connectivity index (χ1n) is 6.76. The molecular weight excluding hydrogens is 208 g/mol. The highest BCUT2D eigenvalue weighted by Crippen LogP contribution is 2.21. The van der Waals surface area contributed by atoms with Gasteiger partial charge in [-0.3, -0.25) is 0 Å². The number of rotatable bonds is 4. The van der Waals surface area contributed by atoms with E-state index in [1.54, 1.807) is 0 Å². The van der Waals surface area contributed by atoms with Gasteiger partial charge < -0.3 is 10.6 Å². The summed E-state index contributed by atoms with van der Waals surface area (Å²) in [6.45, 7) is 5.59. The predicted molar refractivity (Wildman–Crippen MR) is 73.0 cm³/mol. The Morgan fingerprint density at radius 3 is 2.47 bits per heavy atom. The molecule has 0 amide bonds. The molecule has 2 heteroatoms. The summed E-state index contributed by atoms with van der Waals surface area (Å²) in [5, 5.41) is 0. The van der Waals surface area contributed by atoms with E-state index in [0.29, 0.717) is 6.04 Å². The summed E-state index contributed by atoms with van der Waals surface area (Å²) in [7, 11) is 0. The molecule has 0 radical (unpaired) electrons. The molecule has 1 aliphatic rings. The summed E-state index contributed by atoms with van der Waals surface area (Å²) in [5.74, 6) is 0.863. The van der Waals surface area contributed by atoms with Gasteiger partial charge in [0.1, 0.15) is 0 Å². The third kappa shape index (κ3) is 4.14. The van der Waals surface area contributed by atoms with Gasteiger partial charge >= 0.3 is 0 Å². The Balaban J connectivity index is 1.76. The number of hydrogen-bond donors (Lipinski definition) is 1. The normalized spacial score (nSPS) is 20.4. The van der Waals surface area contributed by atoms with Gasteiger partial charge in [-0.15, -0.1) is 0 Å². The molecule has 0 spiro atoms. The molecule has 17 heavy (non-hydrogen) atoms. The lowest BCUT2D eigenvalue weighted by atomic mass is 9.90. The molecule has 1 aromatic rings. The van der Waals surface area contributed by atoms with Crippen molar-refractivity contribution < 1.29 is 0 Å². The summed E-state index contributed by atoms with van der Waals surface area (Å²) in [6, 6.07) is 11.2. The van der Waals surface area contributed by atoms with Crippen LogP contribution in [0.4, 0.5) is 0 Å². The molecule has 2 nitrogen and oxygen atoms in total. The first kappa shape index (κ1) is 12.6. The number of nitrogens with two attached hydrogens (primary N) is 1. The van der Waals surface area contributed by atoms with Gasteiger partial charge in [-0.1, -0.05) is 30.3 Å². The van der Waals surface area contributed by atoms with Crippen molar-refractivity contribution in [2.24, 2.45) is 11.7 Å². The number of likely N-dealkylation sites (tertiary alicyclic amines) is 1. The smallest absolute Gasteiger partial charge is 0.0139 e. The standard InChI is InChI=1S/C15H24N2/c1-13(16)12-17-9-7-15(8-10-17)11-14-5-3-2-4-6-14/h2-6,13,15H,7-12,16H2,1H3/t13-/m0/s1. The second-order valence-corrected chi connectivity index (χ2v) is 5.41. The van der Waals surface area contributed by atoms with Gasteiger partial charge in [0.2, 0.25) is 0 Å². The van der Waals surface area contributed by atoms with E-state index < -0.39 is 0 Å². The summed E-state index contributed by atoms with van der Waals surface area (Å²) >= 11 is 0. The topological polar surface area (TPSA) is 29.3 Å². The monoisotopic (exact) mass is 232 g/mol. The summed E-state index contributed by atoms with van der Waals surface area (Å²) in [5.41, 5.74) is 7.32. The molecule has 1 aromatic carbocycles. The zero-order valence-electron chi connectivity index (χ0n) is 10.8. The van der Waals surface area contributed by atoms with Crippen molar-refractivity contribution in [3.8, 4) is 0 Å². The van der Waals surface area contributed by atoms with Gasteiger partial charge in [-0.25, -0.2) is 0 Å². The van der Waals surface area contributed by atoms with E-state index >= 15 is 0 Å². The molecule has 2 N–H and O–H groups in total. The van der Waals surface area contributed by atoms with E-state index in [1.165, 1.54) is 37.9 Å². The van der Waals surface area contributed by atoms with E-state index in [1.807, 2.05) is 0 Å². The molecule has 0 saturated carbocycles. The quantitative estimate of drug-likeness (QED) is 0.863. The van der Waals surface area contributed by atoms with Gasteiger partial charge in [0.15, 0.2) is 0 Å². The Hall–Kier alpha value is -0.860. The van der Waals surface area contributed by atoms with Crippen LogP contribution in [0.3, 0.4) is 0 Å². The molecule has 1 atom stereocenters. The highest BCUT2D eigenvalue weighted by atomic mass is 15.1. The van der Waals surface area contributed by atoms with E-state index in [-0.39, 0.29) is 0 Å². The minimum absolute atomic E-state index is 0.306. The lowest BCUT2D eigenvalue weighted by Gasteiger charge is -2.32. The van der Waals surface area contributed by atoms with Crippen molar-refractivity contribution in [2.75, 3.05) is 19.6 Å².